The third-order valence-electron chi connectivity index (χ3n) is 5.92. The van der Waals surface area contributed by atoms with Gasteiger partial charge in [-0.1, -0.05) is 36.8 Å². The molecule has 2 aromatic rings. The highest BCUT2D eigenvalue weighted by atomic mass is 16.4. The molecule has 1 aromatic carbocycles. The van der Waals surface area contributed by atoms with Crippen LogP contribution in [-0.2, 0) is 17.8 Å². The molecule has 4 rings (SSSR count). The zero-order valence-corrected chi connectivity index (χ0v) is 16.6. The van der Waals surface area contributed by atoms with Crippen LogP contribution in [0, 0.1) is 0 Å². The second-order valence-corrected chi connectivity index (χ2v) is 7.68. The molecule has 5 heteroatoms. The van der Waals surface area contributed by atoms with Crippen LogP contribution in [-0.4, -0.2) is 45.7 Å². The fourth-order valence-electron chi connectivity index (χ4n) is 4.25. The molecule has 3 heterocycles. The van der Waals surface area contributed by atoms with E-state index in [4.69, 9.17) is 4.98 Å². The topological polar surface area (TPSA) is 58.4 Å². The van der Waals surface area contributed by atoms with Crippen molar-refractivity contribution < 1.29 is 9.90 Å². The molecule has 1 aromatic heterocycles. The maximum absolute atomic E-state index is 11.5. The van der Waals surface area contributed by atoms with Gasteiger partial charge in [0.15, 0.2) is 0 Å². The molecule has 1 fully saturated rings. The number of fused-ring (bicyclic) bond motifs is 2. The molecule has 0 amide bonds. The number of hydrogen-bond donors (Lipinski definition) is 1. The van der Waals surface area contributed by atoms with Gasteiger partial charge in [-0.25, -0.2) is 9.78 Å². The number of carboxylic acid groups (broad SMARTS) is 1. The summed E-state index contributed by atoms with van der Waals surface area (Å²) in [5, 5.41) is 9.44. The predicted octanol–water partition coefficient (Wildman–Crippen LogP) is 3.84. The molecule has 0 aliphatic carbocycles. The molecule has 2 aliphatic rings. The van der Waals surface area contributed by atoms with Gasteiger partial charge in [0, 0.05) is 30.8 Å². The van der Waals surface area contributed by atoms with Crippen molar-refractivity contribution in [2.24, 2.45) is 0 Å². The minimum absolute atomic E-state index is 0.415. The van der Waals surface area contributed by atoms with E-state index in [2.05, 4.69) is 40.8 Å². The zero-order chi connectivity index (χ0) is 19.7. The summed E-state index contributed by atoms with van der Waals surface area (Å²) >= 11 is 0. The van der Waals surface area contributed by atoms with E-state index in [9.17, 15) is 9.90 Å². The Hall–Kier alpha value is -2.66. The number of carboxylic acids is 1. The molecular weight excluding hydrogens is 350 g/mol. The van der Waals surface area contributed by atoms with E-state index in [0.717, 1.165) is 50.4 Å². The summed E-state index contributed by atoms with van der Waals surface area (Å²) in [7, 11) is 2.17. The van der Waals surface area contributed by atoms with Gasteiger partial charge in [0.05, 0.1) is 11.9 Å². The van der Waals surface area contributed by atoms with E-state index in [1.165, 1.54) is 22.3 Å². The molecule has 1 N–H and O–H groups in total. The first kappa shape index (κ1) is 18.7. The fraction of sp³-hybridized carbons (Fsp3) is 0.391. The van der Waals surface area contributed by atoms with Crippen molar-refractivity contribution in [2.75, 3.05) is 20.1 Å². The Bertz CT molecular complexity index is 958. The number of aryl methyl sites for hydroxylation is 1. The lowest BCUT2D eigenvalue weighted by atomic mass is 9.90. The number of nitrogens with zero attached hydrogens (tertiary/aromatic N) is 3. The maximum atomic E-state index is 11.5. The quantitative estimate of drug-likeness (QED) is 0.826. The number of likely N-dealkylation sites (tertiary alicyclic amines) is 1. The van der Waals surface area contributed by atoms with Gasteiger partial charge < -0.3 is 14.6 Å². The summed E-state index contributed by atoms with van der Waals surface area (Å²) in [4.78, 5) is 18.7. The molecule has 0 atom stereocenters. The van der Waals surface area contributed by atoms with Crippen molar-refractivity contribution in [3.8, 4) is 0 Å². The molecule has 146 valence electrons. The standard InChI is InChI=1S/C23H27N3O2/c1-3-16(23(27)28)14-19-15-24-22-21(18-8-11-25(2)12-9-18)20-7-5-4-6-17(20)10-13-26(19)22/h4-7,14-15H,3,8-13H2,1-2H3,(H,27,28). The molecule has 0 bridgehead atoms. The van der Waals surface area contributed by atoms with Crippen LogP contribution in [0.3, 0.4) is 0 Å². The second kappa shape index (κ2) is 7.76. The van der Waals surface area contributed by atoms with Crippen LogP contribution in [0.2, 0.25) is 0 Å². The highest BCUT2D eigenvalue weighted by Crippen LogP contribution is 2.36. The predicted molar refractivity (Wildman–Crippen MR) is 111 cm³/mol. The van der Waals surface area contributed by atoms with E-state index >= 15 is 0 Å². The van der Waals surface area contributed by atoms with Gasteiger partial charge in [-0.3, -0.25) is 0 Å². The van der Waals surface area contributed by atoms with Crippen molar-refractivity contribution >= 4 is 17.6 Å². The highest BCUT2D eigenvalue weighted by molar-refractivity contribution is 5.92. The first-order valence-corrected chi connectivity index (χ1v) is 10.1. The zero-order valence-electron chi connectivity index (χ0n) is 16.6. The van der Waals surface area contributed by atoms with Gasteiger partial charge in [0.2, 0.25) is 0 Å². The van der Waals surface area contributed by atoms with Crippen LogP contribution in [0.15, 0.2) is 41.6 Å². The lowest BCUT2D eigenvalue weighted by Crippen LogP contribution is -2.27. The van der Waals surface area contributed by atoms with Crippen molar-refractivity contribution in [3.63, 3.8) is 0 Å². The molecule has 2 aliphatic heterocycles. The van der Waals surface area contributed by atoms with Gasteiger partial charge in [0.25, 0.3) is 0 Å². The van der Waals surface area contributed by atoms with Gasteiger partial charge in [0.1, 0.15) is 5.82 Å². The molecular formula is C23H27N3O2. The number of aliphatic carboxylic acids is 1. The average Bonchev–Trinajstić information content (AvgIpc) is 3.00. The molecule has 0 unspecified atom stereocenters. The van der Waals surface area contributed by atoms with Crippen LogP contribution in [0.4, 0.5) is 0 Å². The largest absolute Gasteiger partial charge is 0.478 e. The van der Waals surface area contributed by atoms with Gasteiger partial charge in [-0.05, 0) is 49.9 Å². The third kappa shape index (κ3) is 3.42. The third-order valence-corrected chi connectivity index (χ3v) is 5.92. The second-order valence-electron chi connectivity index (χ2n) is 7.68. The van der Waals surface area contributed by atoms with Gasteiger partial charge in [-0.15, -0.1) is 0 Å². The van der Waals surface area contributed by atoms with Crippen LogP contribution in [0.25, 0.3) is 11.6 Å². The smallest absolute Gasteiger partial charge is 0.331 e. The Morgan fingerprint density at radius 3 is 2.64 bits per heavy atom. The van der Waals surface area contributed by atoms with E-state index in [1.54, 1.807) is 6.08 Å². The molecule has 1 saturated heterocycles. The molecule has 28 heavy (non-hydrogen) atoms. The van der Waals surface area contributed by atoms with Crippen molar-refractivity contribution in [2.45, 2.75) is 39.2 Å². The highest BCUT2D eigenvalue weighted by Gasteiger charge is 2.25. The lowest BCUT2D eigenvalue weighted by molar-refractivity contribution is -0.132. The first-order valence-electron chi connectivity index (χ1n) is 10.1. The molecule has 5 nitrogen and oxygen atoms in total. The van der Waals surface area contributed by atoms with E-state index in [-0.39, 0.29) is 0 Å². The minimum Gasteiger partial charge on any atom is -0.478 e. The Morgan fingerprint density at radius 1 is 1.18 bits per heavy atom. The lowest BCUT2D eigenvalue weighted by Gasteiger charge is -2.26. The number of rotatable bonds is 3. The summed E-state index contributed by atoms with van der Waals surface area (Å²) < 4.78 is 2.21. The maximum Gasteiger partial charge on any atom is 0.331 e. The Balaban J connectivity index is 1.88. The van der Waals surface area contributed by atoms with E-state index < -0.39 is 5.97 Å². The minimum atomic E-state index is -0.858. The SMILES string of the molecule is CCC(=Cc1cnc2n1CCc1ccccc1C2=C1CCN(C)CC1)C(=O)O. The average molecular weight is 377 g/mol. The fourth-order valence-corrected chi connectivity index (χ4v) is 4.25. The van der Waals surface area contributed by atoms with E-state index in [0.29, 0.717) is 12.0 Å². The van der Waals surface area contributed by atoms with Crippen LogP contribution < -0.4 is 0 Å². The monoisotopic (exact) mass is 377 g/mol. The van der Waals surface area contributed by atoms with Crippen molar-refractivity contribution in [1.82, 2.24) is 14.5 Å². The molecule has 0 spiro atoms. The summed E-state index contributed by atoms with van der Waals surface area (Å²) in [6.45, 7) is 4.81. The molecule has 0 saturated carbocycles. The van der Waals surface area contributed by atoms with E-state index in [1.807, 2.05) is 13.1 Å². The van der Waals surface area contributed by atoms with Crippen LogP contribution in [0.1, 0.15) is 48.8 Å². The summed E-state index contributed by atoms with van der Waals surface area (Å²) in [6, 6.07) is 8.63. The Kier molecular flexibility index (Phi) is 5.18. The first-order chi connectivity index (χ1) is 13.6. The number of piperidine rings is 1. The number of benzene rings is 1. The van der Waals surface area contributed by atoms with Gasteiger partial charge >= 0.3 is 5.97 Å². The normalized spacial score (nSPS) is 17.9. The Morgan fingerprint density at radius 2 is 1.93 bits per heavy atom. The van der Waals surface area contributed by atoms with Crippen LogP contribution in [0.5, 0.6) is 0 Å². The Labute approximate surface area is 166 Å². The number of hydrogen-bond acceptors (Lipinski definition) is 3. The number of imidazole rings is 1. The number of carbonyl (C=O) groups is 1. The summed E-state index contributed by atoms with van der Waals surface area (Å²) in [5.41, 5.74) is 6.65. The molecule has 0 radical (unpaired) electrons. The van der Waals surface area contributed by atoms with Gasteiger partial charge in [-0.2, -0.15) is 0 Å². The van der Waals surface area contributed by atoms with Crippen LogP contribution >= 0.6 is 0 Å². The van der Waals surface area contributed by atoms with Crippen molar-refractivity contribution in [3.05, 3.63) is 64.3 Å². The van der Waals surface area contributed by atoms with Crippen molar-refractivity contribution in [1.29, 1.82) is 0 Å². The number of aromatic nitrogens is 2. The summed E-state index contributed by atoms with van der Waals surface area (Å²) in [5.74, 6) is 0.125. The summed E-state index contributed by atoms with van der Waals surface area (Å²) in [6.07, 6.45) is 7.13.